The Kier molecular flexibility index (Phi) is 4.46. The lowest BCUT2D eigenvalue weighted by molar-refractivity contribution is -0.273. The Labute approximate surface area is 197 Å². The third-order valence-corrected chi connectivity index (χ3v) is 14.3. The summed E-state index contributed by atoms with van der Waals surface area (Å²) < 4.78 is 0. The first kappa shape index (κ1) is 22.4. The molecule has 32 heavy (non-hydrogen) atoms. The molecule has 0 aliphatic heterocycles. The van der Waals surface area contributed by atoms with Crippen molar-refractivity contribution in [1.29, 1.82) is 0 Å². The van der Waals surface area contributed by atoms with Crippen molar-refractivity contribution in [2.75, 3.05) is 0 Å². The topological polar surface area (TPSA) is 40.5 Å². The first-order valence-corrected chi connectivity index (χ1v) is 14.2. The second-order valence-electron chi connectivity index (χ2n) is 15.4. The number of aliphatic hydroxyl groups excluding tert-OH is 1. The van der Waals surface area contributed by atoms with Crippen molar-refractivity contribution < 1.29 is 10.2 Å². The molecule has 0 amide bonds. The van der Waals surface area contributed by atoms with Crippen LogP contribution in [0.1, 0.15) is 119 Å². The Morgan fingerprint density at radius 1 is 0.625 bits per heavy atom. The molecule has 182 valence electrons. The minimum Gasteiger partial charge on any atom is -0.392 e. The molecular weight excluding hydrogens is 392 g/mol. The maximum atomic E-state index is 11.7. The van der Waals surface area contributed by atoms with Gasteiger partial charge in [0.25, 0.3) is 0 Å². The fourth-order valence-corrected chi connectivity index (χ4v) is 13.0. The largest absolute Gasteiger partial charge is 0.392 e. The molecule has 0 aromatic rings. The van der Waals surface area contributed by atoms with Crippen LogP contribution < -0.4 is 0 Å². The van der Waals surface area contributed by atoms with E-state index in [1.54, 1.807) is 0 Å². The van der Waals surface area contributed by atoms with E-state index < -0.39 is 5.60 Å². The standard InChI is InChI=1S/C30H50O2/c1-25(2)13-7-14-26(3)21(25)12-16-27(4)22(26)8-9-23-28(27,5)15-10-20-19-11-17-30(20,23)24(31)18-29(19,6)32/h19-24,31-32H,7-18H2,1-6H3/t19-,20-,21-,22+,23-,24-,26-,27+,28+,29+,30+/m0/s1. The fourth-order valence-electron chi connectivity index (χ4n) is 13.0. The Morgan fingerprint density at radius 2 is 1.25 bits per heavy atom. The second kappa shape index (κ2) is 6.37. The summed E-state index contributed by atoms with van der Waals surface area (Å²) in [4.78, 5) is 0. The van der Waals surface area contributed by atoms with Gasteiger partial charge in [-0.25, -0.2) is 0 Å². The number of rotatable bonds is 0. The first-order chi connectivity index (χ1) is 14.8. The summed E-state index contributed by atoms with van der Waals surface area (Å²) in [7, 11) is 0. The van der Waals surface area contributed by atoms with E-state index in [0.717, 1.165) is 24.7 Å². The monoisotopic (exact) mass is 442 g/mol. The molecule has 0 unspecified atom stereocenters. The van der Waals surface area contributed by atoms with Gasteiger partial charge in [0.15, 0.2) is 0 Å². The van der Waals surface area contributed by atoms with Crippen molar-refractivity contribution in [1.82, 2.24) is 0 Å². The normalized spacial score (nSPS) is 63.0. The van der Waals surface area contributed by atoms with Crippen LogP contribution in [0.2, 0.25) is 0 Å². The maximum Gasteiger partial charge on any atom is 0.0675 e. The number of hydrogen-bond acceptors (Lipinski definition) is 2. The molecule has 6 saturated carbocycles. The molecule has 2 N–H and O–H groups in total. The van der Waals surface area contributed by atoms with Gasteiger partial charge >= 0.3 is 0 Å². The minimum atomic E-state index is -0.669. The van der Waals surface area contributed by atoms with Crippen LogP contribution in [0.25, 0.3) is 0 Å². The fraction of sp³-hybridized carbons (Fsp3) is 1.00. The Morgan fingerprint density at radius 3 is 2.00 bits per heavy atom. The number of fused-ring (bicyclic) bond motifs is 5. The van der Waals surface area contributed by atoms with Gasteiger partial charge in [-0.05, 0) is 122 Å². The highest BCUT2D eigenvalue weighted by molar-refractivity contribution is 5.23. The molecule has 6 rings (SSSR count). The molecular formula is C30H50O2. The van der Waals surface area contributed by atoms with Gasteiger partial charge in [0.2, 0.25) is 0 Å². The molecule has 0 radical (unpaired) electrons. The average molecular weight is 443 g/mol. The highest BCUT2D eigenvalue weighted by Crippen LogP contribution is 2.79. The molecule has 2 nitrogen and oxygen atoms in total. The van der Waals surface area contributed by atoms with Gasteiger partial charge in [-0.2, -0.15) is 0 Å². The lowest BCUT2D eigenvalue weighted by atomic mass is 9.31. The SMILES string of the molecule is CC1(C)CCC[C@]2(C)[C@H]3CC[C@@H]4[C@@]56CC[C@@H]([C@@H]5CC[C@@]4(C)[C@]3(C)CC[C@@H]12)[C@](C)(O)C[C@@H]6O. The predicted molar refractivity (Wildman–Crippen MR) is 130 cm³/mol. The smallest absolute Gasteiger partial charge is 0.0675 e. The summed E-state index contributed by atoms with van der Waals surface area (Å²) >= 11 is 0. The Balaban J connectivity index is 1.41. The molecule has 0 saturated heterocycles. The van der Waals surface area contributed by atoms with E-state index in [0.29, 0.717) is 45.8 Å². The molecule has 0 aromatic carbocycles. The van der Waals surface area contributed by atoms with E-state index in [2.05, 4.69) is 34.6 Å². The second-order valence-corrected chi connectivity index (χ2v) is 15.4. The zero-order chi connectivity index (χ0) is 22.9. The summed E-state index contributed by atoms with van der Waals surface area (Å²) in [5, 5.41) is 22.9. The molecule has 11 atom stereocenters. The average Bonchev–Trinajstić information content (AvgIpc) is 3.04. The predicted octanol–water partition coefficient (Wildman–Crippen LogP) is 6.97. The quantitative estimate of drug-likeness (QED) is 0.425. The summed E-state index contributed by atoms with van der Waals surface area (Å²) in [5.41, 5.74) is 1.12. The van der Waals surface area contributed by atoms with Crippen LogP contribution in [0.5, 0.6) is 0 Å². The zero-order valence-corrected chi connectivity index (χ0v) is 21.8. The molecule has 6 fully saturated rings. The van der Waals surface area contributed by atoms with Crippen molar-refractivity contribution in [2.45, 2.75) is 130 Å². The summed E-state index contributed by atoms with van der Waals surface area (Å²) in [6.07, 6.45) is 14.9. The highest BCUT2D eigenvalue weighted by atomic mass is 16.3. The lowest BCUT2D eigenvalue weighted by Crippen LogP contribution is -2.69. The summed E-state index contributed by atoms with van der Waals surface area (Å²) in [5.74, 6) is 3.31. The van der Waals surface area contributed by atoms with Crippen LogP contribution in [-0.4, -0.2) is 21.9 Å². The third kappa shape index (κ3) is 2.36. The van der Waals surface area contributed by atoms with Gasteiger partial charge in [0.05, 0.1) is 11.7 Å². The van der Waals surface area contributed by atoms with Crippen LogP contribution in [0.4, 0.5) is 0 Å². The molecule has 2 bridgehead atoms. The van der Waals surface area contributed by atoms with E-state index in [9.17, 15) is 10.2 Å². The lowest BCUT2D eigenvalue weighted by Gasteiger charge is -2.74. The van der Waals surface area contributed by atoms with Gasteiger partial charge in [-0.1, -0.05) is 41.0 Å². The third-order valence-electron chi connectivity index (χ3n) is 14.3. The van der Waals surface area contributed by atoms with E-state index >= 15 is 0 Å². The van der Waals surface area contributed by atoms with Crippen LogP contribution in [0.3, 0.4) is 0 Å². The van der Waals surface area contributed by atoms with Gasteiger partial charge in [-0.3, -0.25) is 0 Å². The number of aliphatic hydroxyl groups is 2. The van der Waals surface area contributed by atoms with Crippen LogP contribution in [-0.2, 0) is 0 Å². The highest BCUT2D eigenvalue weighted by Gasteiger charge is 2.74. The minimum absolute atomic E-state index is 0.0808. The van der Waals surface area contributed by atoms with Crippen molar-refractivity contribution in [3.8, 4) is 0 Å². The van der Waals surface area contributed by atoms with Gasteiger partial charge in [0.1, 0.15) is 0 Å². The molecule has 0 spiro atoms. The van der Waals surface area contributed by atoms with Crippen LogP contribution in [0, 0.1) is 56.7 Å². The zero-order valence-electron chi connectivity index (χ0n) is 21.8. The Bertz CT molecular complexity index is 801. The van der Waals surface area contributed by atoms with Gasteiger partial charge in [0, 0.05) is 11.8 Å². The van der Waals surface area contributed by atoms with Crippen molar-refractivity contribution in [3.05, 3.63) is 0 Å². The van der Waals surface area contributed by atoms with E-state index in [4.69, 9.17) is 0 Å². The van der Waals surface area contributed by atoms with Crippen molar-refractivity contribution in [2.24, 2.45) is 56.7 Å². The van der Waals surface area contributed by atoms with Gasteiger partial charge in [-0.15, -0.1) is 0 Å². The van der Waals surface area contributed by atoms with Gasteiger partial charge < -0.3 is 10.2 Å². The molecule has 6 aliphatic carbocycles. The van der Waals surface area contributed by atoms with E-state index in [1.165, 1.54) is 57.8 Å². The Hall–Kier alpha value is -0.0800. The van der Waals surface area contributed by atoms with Crippen molar-refractivity contribution in [3.63, 3.8) is 0 Å². The van der Waals surface area contributed by atoms with Crippen LogP contribution >= 0.6 is 0 Å². The molecule has 0 aromatic heterocycles. The summed E-state index contributed by atoms with van der Waals surface area (Å²) in [6.45, 7) is 15.2. The summed E-state index contributed by atoms with van der Waals surface area (Å²) in [6, 6.07) is 0. The van der Waals surface area contributed by atoms with E-state index in [-0.39, 0.29) is 11.5 Å². The van der Waals surface area contributed by atoms with Crippen molar-refractivity contribution >= 4 is 0 Å². The molecule has 6 aliphatic rings. The van der Waals surface area contributed by atoms with E-state index in [1.807, 2.05) is 6.92 Å². The first-order valence-electron chi connectivity index (χ1n) is 14.2. The van der Waals surface area contributed by atoms with Crippen LogP contribution in [0.15, 0.2) is 0 Å². The molecule has 0 heterocycles. The maximum absolute atomic E-state index is 11.7. The number of hydrogen-bond donors (Lipinski definition) is 2. The molecule has 2 heteroatoms.